The molecule has 0 aliphatic carbocycles. The molecule has 0 saturated carbocycles. The van der Waals surface area contributed by atoms with Crippen LogP contribution >= 0.6 is 0 Å². The van der Waals surface area contributed by atoms with Gasteiger partial charge >= 0.3 is 0 Å². The molecule has 0 radical (unpaired) electrons. The van der Waals surface area contributed by atoms with Gasteiger partial charge in [0.25, 0.3) is 0 Å². The topological polar surface area (TPSA) is 80.2 Å². The molecule has 0 aromatic carbocycles. The van der Waals surface area contributed by atoms with Crippen LogP contribution in [-0.2, 0) is 22.5 Å². The minimum Gasteiger partial charge on any atom is -0.378 e. The van der Waals surface area contributed by atoms with Crippen LogP contribution in [0.5, 0.6) is 0 Å². The summed E-state index contributed by atoms with van der Waals surface area (Å²) in [5.74, 6) is 0.887. The Morgan fingerprint density at radius 2 is 2.17 bits per heavy atom. The monoisotopic (exact) mass is 327 g/mol. The summed E-state index contributed by atoms with van der Waals surface area (Å²) in [6.07, 6.45) is 6.18. The quantitative estimate of drug-likeness (QED) is 0.851. The van der Waals surface area contributed by atoms with Gasteiger partial charge in [-0.1, -0.05) is 6.07 Å². The van der Waals surface area contributed by atoms with E-state index in [2.05, 4.69) is 25.2 Å². The Balaban J connectivity index is 1.48. The molecule has 0 atom stereocenters. The van der Waals surface area contributed by atoms with Crippen LogP contribution in [0.3, 0.4) is 0 Å². The van der Waals surface area contributed by atoms with E-state index in [1.165, 1.54) is 0 Å². The van der Waals surface area contributed by atoms with Crippen molar-refractivity contribution in [2.75, 3.05) is 31.2 Å². The van der Waals surface area contributed by atoms with Crippen molar-refractivity contribution in [1.29, 1.82) is 0 Å². The first kappa shape index (κ1) is 16.3. The highest BCUT2D eigenvalue weighted by Gasteiger charge is 2.13. The number of aromatic nitrogens is 3. The molecule has 1 amide bonds. The van der Waals surface area contributed by atoms with E-state index < -0.39 is 0 Å². The first-order valence-corrected chi connectivity index (χ1v) is 8.10. The van der Waals surface area contributed by atoms with Crippen molar-refractivity contribution in [3.8, 4) is 0 Å². The molecule has 1 N–H and O–H groups in total. The van der Waals surface area contributed by atoms with Gasteiger partial charge in [0.15, 0.2) is 0 Å². The van der Waals surface area contributed by atoms with Gasteiger partial charge in [0, 0.05) is 38.0 Å². The van der Waals surface area contributed by atoms with Crippen LogP contribution in [0.15, 0.2) is 36.9 Å². The van der Waals surface area contributed by atoms with Crippen molar-refractivity contribution in [3.05, 3.63) is 48.2 Å². The van der Waals surface area contributed by atoms with E-state index >= 15 is 0 Å². The molecule has 0 bridgehead atoms. The van der Waals surface area contributed by atoms with E-state index in [4.69, 9.17) is 4.74 Å². The average Bonchev–Trinajstić information content (AvgIpc) is 2.66. The van der Waals surface area contributed by atoms with Crippen molar-refractivity contribution in [1.82, 2.24) is 20.3 Å². The number of hydrogen-bond donors (Lipinski definition) is 1. The van der Waals surface area contributed by atoms with Crippen molar-refractivity contribution in [2.24, 2.45) is 0 Å². The Labute approximate surface area is 141 Å². The highest BCUT2D eigenvalue weighted by molar-refractivity contribution is 5.76. The Morgan fingerprint density at radius 1 is 1.29 bits per heavy atom. The number of aryl methyl sites for hydroxylation is 1. The second-order valence-corrected chi connectivity index (χ2v) is 5.60. The number of amides is 1. The lowest BCUT2D eigenvalue weighted by atomic mass is 10.1. The fourth-order valence-corrected chi connectivity index (χ4v) is 2.53. The maximum Gasteiger partial charge on any atom is 0.220 e. The second kappa shape index (κ2) is 8.35. The summed E-state index contributed by atoms with van der Waals surface area (Å²) >= 11 is 0. The lowest BCUT2D eigenvalue weighted by Crippen LogP contribution is -2.37. The number of carbonyl (C=O) groups excluding carboxylic acids is 1. The van der Waals surface area contributed by atoms with Crippen LogP contribution in [0.4, 0.5) is 5.82 Å². The molecular formula is C17H21N5O2. The predicted molar refractivity (Wildman–Crippen MR) is 89.5 cm³/mol. The van der Waals surface area contributed by atoms with Crippen LogP contribution in [0.25, 0.3) is 0 Å². The smallest absolute Gasteiger partial charge is 0.220 e. The Hall–Kier alpha value is -2.54. The molecule has 1 fully saturated rings. The fourth-order valence-electron chi connectivity index (χ4n) is 2.53. The largest absolute Gasteiger partial charge is 0.378 e. The van der Waals surface area contributed by atoms with E-state index in [0.717, 1.165) is 30.2 Å². The third-order valence-electron chi connectivity index (χ3n) is 3.87. The van der Waals surface area contributed by atoms with Gasteiger partial charge in [-0.2, -0.15) is 0 Å². The summed E-state index contributed by atoms with van der Waals surface area (Å²) in [6.45, 7) is 3.49. The van der Waals surface area contributed by atoms with Gasteiger partial charge in [-0.3, -0.25) is 9.78 Å². The Kier molecular flexibility index (Phi) is 5.68. The van der Waals surface area contributed by atoms with Crippen molar-refractivity contribution < 1.29 is 9.53 Å². The summed E-state index contributed by atoms with van der Waals surface area (Å²) in [5, 5.41) is 2.91. The molecule has 3 heterocycles. The molecule has 2 aromatic heterocycles. The van der Waals surface area contributed by atoms with Crippen LogP contribution in [0, 0.1) is 0 Å². The maximum absolute atomic E-state index is 12.0. The highest BCUT2D eigenvalue weighted by Crippen LogP contribution is 2.12. The van der Waals surface area contributed by atoms with Gasteiger partial charge in [0.1, 0.15) is 12.1 Å². The summed E-state index contributed by atoms with van der Waals surface area (Å²) in [7, 11) is 0. The number of rotatable bonds is 6. The zero-order chi connectivity index (χ0) is 16.6. The first-order chi connectivity index (χ1) is 11.8. The summed E-state index contributed by atoms with van der Waals surface area (Å²) in [6, 6.07) is 5.77. The highest BCUT2D eigenvalue weighted by atomic mass is 16.5. The van der Waals surface area contributed by atoms with Gasteiger partial charge < -0.3 is 15.0 Å². The summed E-state index contributed by atoms with van der Waals surface area (Å²) in [5.41, 5.74) is 1.87. The minimum atomic E-state index is 0.00499. The second-order valence-electron chi connectivity index (χ2n) is 5.60. The number of carbonyl (C=O) groups is 1. The predicted octanol–water partition coefficient (Wildman–Crippen LogP) is 0.957. The van der Waals surface area contributed by atoms with Crippen molar-refractivity contribution in [3.63, 3.8) is 0 Å². The SMILES string of the molecule is O=C(CCc1cccnc1)NCc1cc(N2CCOCC2)ncn1. The maximum atomic E-state index is 12.0. The molecule has 126 valence electrons. The summed E-state index contributed by atoms with van der Waals surface area (Å²) < 4.78 is 5.35. The number of hydrogen-bond acceptors (Lipinski definition) is 6. The fraction of sp³-hybridized carbons (Fsp3) is 0.412. The Bertz CT molecular complexity index is 659. The standard InChI is InChI=1S/C17H21N5O2/c23-17(4-3-14-2-1-5-18-11-14)19-12-15-10-16(21-13-20-15)22-6-8-24-9-7-22/h1-2,5,10-11,13H,3-4,6-9,12H2,(H,19,23). The van der Waals surface area contributed by atoms with Crippen molar-refractivity contribution in [2.45, 2.75) is 19.4 Å². The number of morpholine rings is 1. The molecule has 7 heteroatoms. The van der Waals surface area contributed by atoms with E-state index in [0.29, 0.717) is 32.6 Å². The molecule has 3 rings (SSSR count). The molecule has 0 unspecified atom stereocenters. The van der Waals surface area contributed by atoms with Gasteiger partial charge in [0.05, 0.1) is 25.5 Å². The van der Waals surface area contributed by atoms with E-state index in [9.17, 15) is 4.79 Å². The average molecular weight is 327 g/mol. The third-order valence-corrected chi connectivity index (χ3v) is 3.87. The number of nitrogens with one attached hydrogen (secondary N) is 1. The van der Waals surface area contributed by atoms with E-state index in [-0.39, 0.29) is 5.91 Å². The number of ether oxygens (including phenoxy) is 1. The lowest BCUT2D eigenvalue weighted by molar-refractivity contribution is -0.121. The zero-order valence-electron chi connectivity index (χ0n) is 13.5. The molecular weight excluding hydrogens is 306 g/mol. The van der Waals surface area contributed by atoms with Gasteiger partial charge in [-0.25, -0.2) is 9.97 Å². The van der Waals surface area contributed by atoms with Crippen LogP contribution in [0.1, 0.15) is 17.7 Å². The van der Waals surface area contributed by atoms with Crippen LogP contribution in [0.2, 0.25) is 0 Å². The van der Waals surface area contributed by atoms with Gasteiger partial charge in [0.2, 0.25) is 5.91 Å². The first-order valence-electron chi connectivity index (χ1n) is 8.10. The van der Waals surface area contributed by atoms with Crippen LogP contribution in [-0.4, -0.2) is 47.2 Å². The Morgan fingerprint density at radius 3 is 2.96 bits per heavy atom. The molecule has 1 aliphatic heterocycles. The van der Waals surface area contributed by atoms with Crippen molar-refractivity contribution >= 4 is 11.7 Å². The normalized spacial score (nSPS) is 14.4. The third kappa shape index (κ3) is 4.73. The van der Waals surface area contributed by atoms with Gasteiger partial charge in [-0.05, 0) is 18.1 Å². The molecule has 1 saturated heterocycles. The molecule has 2 aromatic rings. The number of pyridine rings is 1. The molecule has 7 nitrogen and oxygen atoms in total. The molecule has 1 aliphatic rings. The minimum absolute atomic E-state index is 0.00499. The van der Waals surface area contributed by atoms with E-state index in [1.807, 2.05) is 18.2 Å². The molecule has 24 heavy (non-hydrogen) atoms. The van der Waals surface area contributed by atoms with Gasteiger partial charge in [-0.15, -0.1) is 0 Å². The number of anilines is 1. The van der Waals surface area contributed by atoms with E-state index in [1.54, 1.807) is 18.7 Å². The zero-order valence-corrected chi connectivity index (χ0v) is 13.5. The number of nitrogens with zero attached hydrogens (tertiary/aromatic N) is 4. The lowest BCUT2D eigenvalue weighted by Gasteiger charge is -2.27. The molecule has 0 spiro atoms. The van der Waals surface area contributed by atoms with Crippen LogP contribution < -0.4 is 10.2 Å². The summed E-state index contributed by atoms with van der Waals surface area (Å²) in [4.78, 5) is 26.7.